The fourth-order valence-corrected chi connectivity index (χ4v) is 2.93. The molecule has 1 atom stereocenters. The quantitative estimate of drug-likeness (QED) is 0.785. The highest BCUT2D eigenvalue weighted by Gasteiger charge is 2.33. The Kier molecular flexibility index (Phi) is 5.72. The summed E-state index contributed by atoms with van der Waals surface area (Å²) in [7, 11) is 1.41. The first-order valence-electron chi connectivity index (χ1n) is 7.78. The molecule has 2 rings (SSSR count). The minimum absolute atomic E-state index is 0.0497. The molecular formula is C17H22N3O3+. The standard InChI is InChI=1S/C17H21N3O3/c1-12(20-8-6-14(7-9-20)17(22)23-2)16(21)19-15-5-3-4-13(10-15)11-18/h3-5,10,12,14H,6-9H2,1-2H3,(H,19,21)/p+1/t12-/m0/s1. The number of nitrogens with one attached hydrogen (secondary N) is 2. The summed E-state index contributed by atoms with van der Waals surface area (Å²) < 4.78 is 4.78. The fraction of sp³-hybridized carbons (Fsp3) is 0.471. The van der Waals surface area contributed by atoms with E-state index in [1.54, 1.807) is 24.3 Å². The highest BCUT2D eigenvalue weighted by Crippen LogP contribution is 2.12. The maximum Gasteiger partial charge on any atom is 0.309 e. The molecule has 0 bridgehead atoms. The molecule has 1 heterocycles. The van der Waals surface area contributed by atoms with Crippen molar-refractivity contribution >= 4 is 17.6 Å². The van der Waals surface area contributed by atoms with Gasteiger partial charge < -0.3 is 15.0 Å². The maximum atomic E-state index is 12.4. The molecule has 0 saturated carbocycles. The third-order valence-electron chi connectivity index (χ3n) is 4.43. The largest absolute Gasteiger partial charge is 0.469 e. The zero-order valence-electron chi connectivity index (χ0n) is 13.5. The van der Waals surface area contributed by atoms with Crippen molar-refractivity contribution in [1.29, 1.82) is 5.26 Å². The lowest BCUT2D eigenvalue weighted by Crippen LogP contribution is -3.17. The number of nitrogens with zero attached hydrogens (tertiary/aromatic N) is 1. The molecule has 6 heteroatoms. The molecule has 1 aromatic carbocycles. The first kappa shape index (κ1) is 17.0. The van der Waals surface area contributed by atoms with E-state index in [0.29, 0.717) is 11.3 Å². The van der Waals surface area contributed by atoms with Crippen LogP contribution in [0.3, 0.4) is 0 Å². The van der Waals surface area contributed by atoms with Gasteiger partial charge in [-0.3, -0.25) is 9.59 Å². The lowest BCUT2D eigenvalue weighted by atomic mass is 9.96. The van der Waals surface area contributed by atoms with Crippen LogP contribution >= 0.6 is 0 Å². The first-order valence-corrected chi connectivity index (χ1v) is 7.78. The summed E-state index contributed by atoms with van der Waals surface area (Å²) in [4.78, 5) is 25.1. The van der Waals surface area contributed by atoms with E-state index in [4.69, 9.17) is 10.00 Å². The predicted octanol–water partition coefficient (Wildman–Crippen LogP) is 0.353. The third kappa shape index (κ3) is 4.30. The molecule has 23 heavy (non-hydrogen) atoms. The molecule has 1 saturated heterocycles. The Morgan fingerprint density at radius 2 is 2.09 bits per heavy atom. The van der Waals surface area contributed by atoms with Gasteiger partial charge in [0.25, 0.3) is 5.91 Å². The van der Waals surface area contributed by atoms with Crippen molar-refractivity contribution in [1.82, 2.24) is 0 Å². The number of hydrogen-bond acceptors (Lipinski definition) is 4. The Hall–Kier alpha value is -2.39. The van der Waals surface area contributed by atoms with Gasteiger partial charge in [0.1, 0.15) is 0 Å². The number of rotatable bonds is 4. The second-order valence-corrected chi connectivity index (χ2v) is 5.86. The van der Waals surface area contributed by atoms with Crippen LogP contribution in [0, 0.1) is 17.2 Å². The van der Waals surface area contributed by atoms with E-state index in [0.717, 1.165) is 25.9 Å². The van der Waals surface area contributed by atoms with Crippen LogP contribution in [0.25, 0.3) is 0 Å². The Labute approximate surface area is 136 Å². The molecule has 2 N–H and O–H groups in total. The van der Waals surface area contributed by atoms with Crippen molar-refractivity contribution in [2.24, 2.45) is 5.92 Å². The molecule has 1 aromatic rings. The molecule has 1 amide bonds. The van der Waals surface area contributed by atoms with Gasteiger partial charge in [-0.2, -0.15) is 5.26 Å². The van der Waals surface area contributed by atoms with Crippen LogP contribution in [0.4, 0.5) is 5.69 Å². The summed E-state index contributed by atoms with van der Waals surface area (Å²) in [5, 5.41) is 11.8. The van der Waals surface area contributed by atoms with E-state index in [9.17, 15) is 9.59 Å². The second kappa shape index (κ2) is 7.75. The lowest BCUT2D eigenvalue weighted by molar-refractivity contribution is -0.919. The van der Waals surface area contributed by atoms with Gasteiger partial charge in [0, 0.05) is 18.5 Å². The molecule has 1 aliphatic rings. The van der Waals surface area contributed by atoms with Crippen molar-refractivity contribution in [2.45, 2.75) is 25.8 Å². The summed E-state index contributed by atoms with van der Waals surface area (Å²) in [5.74, 6) is -0.285. The number of carbonyl (C=O) groups is 2. The molecule has 0 radical (unpaired) electrons. The minimum Gasteiger partial charge on any atom is -0.469 e. The number of quaternary nitrogens is 1. The van der Waals surface area contributed by atoms with Gasteiger partial charge >= 0.3 is 5.97 Å². The van der Waals surface area contributed by atoms with Crippen molar-refractivity contribution < 1.29 is 19.2 Å². The van der Waals surface area contributed by atoms with Crippen LogP contribution in [0.15, 0.2) is 24.3 Å². The van der Waals surface area contributed by atoms with Crippen molar-refractivity contribution in [3.8, 4) is 6.07 Å². The molecule has 1 aliphatic heterocycles. The van der Waals surface area contributed by atoms with Crippen LogP contribution in [-0.2, 0) is 14.3 Å². The number of hydrogen-bond donors (Lipinski definition) is 2. The lowest BCUT2D eigenvalue weighted by Gasteiger charge is -2.31. The number of ether oxygens (including phenoxy) is 1. The van der Waals surface area contributed by atoms with Gasteiger partial charge in [0.05, 0.1) is 37.7 Å². The summed E-state index contributed by atoms with van der Waals surface area (Å²) >= 11 is 0. The summed E-state index contributed by atoms with van der Waals surface area (Å²) in [6.45, 7) is 3.43. The number of anilines is 1. The topological polar surface area (TPSA) is 83.6 Å². The number of piperidine rings is 1. The Morgan fingerprint density at radius 3 is 2.70 bits per heavy atom. The number of carbonyl (C=O) groups excluding carboxylic acids is 2. The van der Waals surface area contributed by atoms with Crippen LogP contribution in [0.5, 0.6) is 0 Å². The summed E-state index contributed by atoms with van der Waals surface area (Å²) in [6, 6.07) is 8.71. The van der Waals surface area contributed by atoms with Gasteiger partial charge in [-0.05, 0) is 25.1 Å². The smallest absolute Gasteiger partial charge is 0.309 e. The number of esters is 1. The van der Waals surface area contributed by atoms with Crippen LogP contribution in [-0.4, -0.2) is 38.1 Å². The monoisotopic (exact) mass is 316 g/mol. The van der Waals surface area contributed by atoms with Crippen molar-refractivity contribution in [3.63, 3.8) is 0 Å². The molecule has 6 nitrogen and oxygen atoms in total. The van der Waals surface area contributed by atoms with E-state index in [2.05, 4.69) is 11.4 Å². The second-order valence-electron chi connectivity index (χ2n) is 5.86. The zero-order valence-corrected chi connectivity index (χ0v) is 13.5. The molecular weight excluding hydrogens is 294 g/mol. The normalized spacial score (nSPS) is 21.8. The van der Waals surface area contributed by atoms with Crippen LogP contribution < -0.4 is 10.2 Å². The van der Waals surface area contributed by atoms with E-state index in [-0.39, 0.29) is 23.8 Å². The van der Waals surface area contributed by atoms with E-state index < -0.39 is 0 Å². The summed E-state index contributed by atoms with van der Waals surface area (Å²) in [5.41, 5.74) is 1.14. The molecule has 122 valence electrons. The van der Waals surface area contributed by atoms with E-state index in [1.165, 1.54) is 12.0 Å². The average molecular weight is 316 g/mol. The molecule has 0 aliphatic carbocycles. The summed E-state index contributed by atoms with van der Waals surface area (Å²) in [6.07, 6.45) is 1.48. The van der Waals surface area contributed by atoms with E-state index in [1.807, 2.05) is 6.92 Å². The highest BCUT2D eigenvalue weighted by molar-refractivity contribution is 5.93. The Bertz CT molecular complexity index is 616. The van der Waals surface area contributed by atoms with Gasteiger partial charge in [-0.15, -0.1) is 0 Å². The van der Waals surface area contributed by atoms with Gasteiger partial charge in [-0.1, -0.05) is 6.07 Å². The van der Waals surface area contributed by atoms with Gasteiger partial charge in [0.15, 0.2) is 6.04 Å². The molecule has 0 unspecified atom stereocenters. The third-order valence-corrected chi connectivity index (χ3v) is 4.43. The Morgan fingerprint density at radius 1 is 1.39 bits per heavy atom. The van der Waals surface area contributed by atoms with Crippen LogP contribution in [0.2, 0.25) is 0 Å². The van der Waals surface area contributed by atoms with E-state index >= 15 is 0 Å². The molecule has 1 fully saturated rings. The minimum atomic E-state index is -0.209. The van der Waals surface area contributed by atoms with Crippen LogP contribution in [0.1, 0.15) is 25.3 Å². The highest BCUT2D eigenvalue weighted by atomic mass is 16.5. The average Bonchev–Trinajstić information content (AvgIpc) is 2.60. The predicted molar refractivity (Wildman–Crippen MR) is 84.7 cm³/mol. The Balaban J connectivity index is 1.90. The fourth-order valence-electron chi connectivity index (χ4n) is 2.93. The maximum absolute atomic E-state index is 12.4. The SMILES string of the molecule is COC(=O)C1CC[NH+]([C@@H](C)C(=O)Nc2cccc(C#N)c2)CC1. The molecule has 0 aromatic heterocycles. The van der Waals surface area contributed by atoms with Crippen molar-refractivity contribution in [3.05, 3.63) is 29.8 Å². The number of amides is 1. The number of methoxy groups -OCH3 is 1. The van der Waals surface area contributed by atoms with Gasteiger partial charge in [-0.25, -0.2) is 0 Å². The number of nitriles is 1. The van der Waals surface area contributed by atoms with Gasteiger partial charge in [0.2, 0.25) is 0 Å². The zero-order chi connectivity index (χ0) is 16.8. The number of benzene rings is 1. The molecule has 0 spiro atoms. The number of likely N-dealkylation sites (tertiary alicyclic amines) is 1. The first-order chi connectivity index (χ1) is 11.0. The van der Waals surface area contributed by atoms with Crippen molar-refractivity contribution in [2.75, 3.05) is 25.5 Å².